The molecule has 1 atom stereocenters. The largest absolute Gasteiger partial charge is 0.481 e. The van der Waals surface area contributed by atoms with E-state index in [4.69, 9.17) is 9.47 Å². The van der Waals surface area contributed by atoms with Crippen LogP contribution in [0.3, 0.4) is 0 Å². The lowest BCUT2D eigenvalue weighted by Gasteiger charge is -2.34. The van der Waals surface area contributed by atoms with Gasteiger partial charge >= 0.3 is 0 Å². The number of carbonyl (C=O) groups is 1. The molecule has 0 radical (unpaired) electrons. The Hall–Kier alpha value is -2.44. The van der Waals surface area contributed by atoms with E-state index in [2.05, 4.69) is 16.8 Å². The third-order valence-corrected chi connectivity index (χ3v) is 4.89. The molecule has 1 aromatic carbocycles. The van der Waals surface area contributed by atoms with E-state index < -0.39 is 0 Å². The number of aromatic nitrogens is 1. The number of methoxy groups -OCH3 is 1. The molecule has 1 amide bonds. The van der Waals surface area contributed by atoms with Crippen LogP contribution in [0.5, 0.6) is 5.88 Å². The first-order valence-corrected chi connectivity index (χ1v) is 9.27. The third-order valence-electron chi connectivity index (χ3n) is 4.89. The van der Waals surface area contributed by atoms with Crippen molar-refractivity contribution in [1.29, 1.82) is 0 Å². The highest BCUT2D eigenvalue weighted by Crippen LogP contribution is 2.21. The van der Waals surface area contributed by atoms with Gasteiger partial charge in [-0.2, -0.15) is 0 Å². The van der Waals surface area contributed by atoms with Crippen LogP contribution in [0.4, 0.5) is 0 Å². The number of rotatable bonds is 6. The van der Waals surface area contributed by atoms with Crippen LogP contribution in [-0.4, -0.2) is 73.7 Å². The van der Waals surface area contributed by atoms with Crippen LogP contribution in [0.15, 0.2) is 42.5 Å². The summed E-state index contributed by atoms with van der Waals surface area (Å²) in [5, 5.41) is 0. The average Bonchev–Trinajstić information content (AvgIpc) is 2.73. The molecule has 2 heterocycles. The number of hydrogen-bond acceptors (Lipinski definition) is 5. The van der Waals surface area contributed by atoms with Gasteiger partial charge in [0, 0.05) is 49.9 Å². The third kappa shape index (κ3) is 4.84. The first-order valence-electron chi connectivity index (χ1n) is 9.27. The molecule has 3 rings (SSSR count). The summed E-state index contributed by atoms with van der Waals surface area (Å²) >= 11 is 0. The van der Waals surface area contributed by atoms with E-state index in [1.54, 1.807) is 18.1 Å². The average molecular weight is 369 g/mol. The monoisotopic (exact) mass is 369 g/mol. The van der Waals surface area contributed by atoms with Gasteiger partial charge in [-0.1, -0.05) is 18.2 Å². The number of nitrogens with zero attached hydrogens (tertiary/aromatic N) is 3. The van der Waals surface area contributed by atoms with Gasteiger partial charge in [0.15, 0.2) is 0 Å². The minimum Gasteiger partial charge on any atom is -0.481 e. The summed E-state index contributed by atoms with van der Waals surface area (Å²) in [6, 6.07) is 13.5. The molecule has 144 valence electrons. The van der Waals surface area contributed by atoms with Crippen molar-refractivity contribution in [3.63, 3.8) is 0 Å². The fourth-order valence-electron chi connectivity index (χ4n) is 3.33. The predicted octanol–water partition coefficient (Wildman–Crippen LogP) is 2.55. The zero-order valence-electron chi connectivity index (χ0n) is 16.2. The van der Waals surface area contributed by atoms with Gasteiger partial charge in [-0.25, -0.2) is 4.98 Å². The topological polar surface area (TPSA) is 54.9 Å². The Balaban J connectivity index is 1.70. The highest BCUT2D eigenvalue weighted by Gasteiger charge is 2.21. The van der Waals surface area contributed by atoms with Crippen molar-refractivity contribution in [3.05, 3.63) is 48.0 Å². The van der Waals surface area contributed by atoms with Crippen LogP contribution in [0, 0.1) is 0 Å². The lowest BCUT2D eigenvalue weighted by molar-refractivity contribution is 0.0142. The smallest absolute Gasteiger partial charge is 0.253 e. The molecule has 0 N–H and O–H groups in total. The molecule has 0 spiro atoms. The Morgan fingerprint density at radius 3 is 2.74 bits per heavy atom. The van der Waals surface area contributed by atoms with Gasteiger partial charge in [-0.3, -0.25) is 9.69 Å². The minimum atomic E-state index is 0.0138. The van der Waals surface area contributed by atoms with Crippen molar-refractivity contribution in [3.8, 4) is 17.1 Å². The normalized spacial score (nSPS) is 16.0. The molecule has 0 saturated carbocycles. The van der Waals surface area contributed by atoms with Crippen LogP contribution < -0.4 is 4.74 Å². The highest BCUT2D eigenvalue weighted by molar-refractivity contribution is 5.95. The predicted molar refractivity (Wildman–Crippen MR) is 105 cm³/mol. The number of pyridine rings is 1. The summed E-state index contributed by atoms with van der Waals surface area (Å²) in [4.78, 5) is 21.5. The van der Waals surface area contributed by atoms with Crippen molar-refractivity contribution < 1.29 is 14.3 Å². The van der Waals surface area contributed by atoms with Crippen LogP contribution >= 0.6 is 0 Å². The summed E-state index contributed by atoms with van der Waals surface area (Å²) in [7, 11) is 3.45. The van der Waals surface area contributed by atoms with Crippen molar-refractivity contribution in [2.75, 3.05) is 47.0 Å². The van der Waals surface area contributed by atoms with Crippen molar-refractivity contribution >= 4 is 5.91 Å². The van der Waals surface area contributed by atoms with Gasteiger partial charge in [0.2, 0.25) is 5.88 Å². The van der Waals surface area contributed by atoms with E-state index >= 15 is 0 Å². The van der Waals surface area contributed by atoms with E-state index in [1.807, 2.05) is 43.4 Å². The molecule has 0 bridgehead atoms. The number of ether oxygens (including phenoxy) is 2. The van der Waals surface area contributed by atoms with Gasteiger partial charge < -0.3 is 14.4 Å². The Morgan fingerprint density at radius 1 is 1.26 bits per heavy atom. The molecule has 2 aromatic rings. The van der Waals surface area contributed by atoms with E-state index in [9.17, 15) is 4.79 Å². The Bertz CT molecular complexity index is 775. The van der Waals surface area contributed by atoms with Crippen LogP contribution in [-0.2, 0) is 4.74 Å². The Labute approximate surface area is 160 Å². The number of hydrogen-bond donors (Lipinski definition) is 0. The van der Waals surface area contributed by atoms with Gasteiger partial charge in [0.1, 0.15) is 0 Å². The summed E-state index contributed by atoms with van der Waals surface area (Å²) in [6.45, 7) is 6.20. The SMILES string of the molecule is COc1cccc(-c2cccc(C(=O)N(C)C[C@@H](C)N3CCOCC3)c2)n1. The lowest BCUT2D eigenvalue weighted by Crippen LogP contribution is -2.47. The van der Waals surface area contributed by atoms with Gasteiger partial charge in [-0.15, -0.1) is 0 Å². The molecule has 1 saturated heterocycles. The zero-order chi connectivity index (χ0) is 19.2. The number of benzene rings is 1. The van der Waals surface area contributed by atoms with Crippen molar-refractivity contribution in [2.45, 2.75) is 13.0 Å². The highest BCUT2D eigenvalue weighted by atomic mass is 16.5. The van der Waals surface area contributed by atoms with Crippen molar-refractivity contribution in [2.24, 2.45) is 0 Å². The Kier molecular flexibility index (Phi) is 6.42. The number of likely N-dealkylation sites (N-methyl/N-ethyl adjacent to an activating group) is 1. The molecule has 1 fully saturated rings. The fraction of sp³-hybridized carbons (Fsp3) is 0.429. The van der Waals surface area contributed by atoms with Crippen molar-refractivity contribution in [1.82, 2.24) is 14.8 Å². The maximum atomic E-state index is 12.9. The molecular weight excluding hydrogens is 342 g/mol. The molecule has 1 aliphatic heterocycles. The molecule has 6 heteroatoms. The second kappa shape index (κ2) is 8.97. The van der Waals surface area contributed by atoms with Gasteiger partial charge in [0.25, 0.3) is 5.91 Å². The lowest BCUT2D eigenvalue weighted by atomic mass is 10.1. The number of carbonyl (C=O) groups excluding carboxylic acids is 1. The zero-order valence-corrected chi connectivity index (χ0v) is 16.2. The van der Waals surface area contributed by atoms with Gasteiger partial charge in [0.05, 0.1) is 26.0 Å². The first kappa shape index (κ1) is 19.3. The fourth-order valence-corrected chi connectivity index (χ4v) is 3.33. The van der Waals surface area contributed by atoms with Crippen LogP contribution in [0.2, 0.25) is 0 Å². The summed E-state index contributed by atoms with van der Waals surface area (Å²) in [5.41, 5.74) is 2.34. The second-order valence-corrected chi connectivity index (χ2v) is 6.83. The Morgan fingerprint density at radius 2 is 2.00 bits per heavy atom. The number of amides is 1. The molecule has 0 aliphatic carbocycles. The van der Waals surface area contributed by atoms with Crippen LogP contribution in [0.25, 0.3) is 11.3 Å². The minimum absolute atomic E-state index is 0.0138. The molecular formula is C21H27N3O3. The summed E-state index contributed by atoms with van der Waals surface area (Å²) in [6.07, 6.45) is 0. The molecule has 1 aliphatic rings. The quantitative estimate of drug-likeness (QED) is 0.783. The second-order valence-electron chi connectivity index (χ2n) is 6.83. The van der Waals surface area contributed by atoms with Gasteiger partial charge in [-0.05, 0) is 25.1 Å². The maximum Gasteiger partial charge on any atom is 0.253 e. The van der Waals surface area contributed by atoms with E-state index in [1.165, 1.54) is 0 Å². The van der Waals surface area contributed by atoms with E-state index in [-0.39, 0.29) is 5.91 Å². The number of morpholine rings is 1. The maximum absolute atomic E-state index is 12.9. The first-order chi connectivity index (χ1) is 13.1. The summed E-state index contributed by atoms with van der Waals surface area (Å²) in [5.74, 6) is 0.570. The molecule has 6 nitrogen and oxygen atoms in total. The standard InChI is InChI=1S/C21H27N3O3/c1-16(24-10-12-27-13-11-24)15-23(2)21(25)18-7-4-6-17(14-18)19-8-5-9-20(22-19)26-3/h4-9,14,16H,10-13,15H2,1-3H3/t16-/m1/s1. The molecule has 27 heavy (non-hydrogen) atoms. The van der Waals surface area contributed by atoms with E-state index in [0.29, 0.717) is 24.0 Å². The molecule has 1 aromatic heterocycles. The molecule has 0 unspecified atom stereocenters. The van der Waals surface area contributed by atoms with Crippen LogP contribution in [0.1, 0.15) is 17.3 Å². The summed E-state index contributed by atoms with van der Waals surface area (Å²) < 4.78 is 10.6. The van der Waals surface area contributed by atoms with E-state index in [0.717, 1.165) is 37.6 Å².